The largest absolute Gasteiger partial charge is 0.323 e. The molecule has 1 heterocycles. The molecule has 0 spiro atoms. The van der Waals surface area contributed by atoms with Crippen LogP contribution >= 0.6 is 0 Å². The molecular weight excluding hydrogens is 248 g/mol. The average molecular weight is 282 g/mol. The molecule has 0 aromatic rings. The normalized spacial score (nSPS) is 26.6. The lowest BCUT2D eigenvalue weighted by atomic mass is 9.98. The minimum atomic E-state index is 0.00824. The highest BCUT2D eigenvalue weighted by Crippen LogP contribution is 2.27. The summed E-state index contributed by atoms with van der Waals surface area (Å²) >= 11 is 0. The number of nitrogens with zero attached hydrogens (tertiary/aromatic N) is 1. The minimum Gasteiger partial charge on any atom is -0.323 e. The van der Waals surface area contributed by atoms with E-state index in [1.807, 2.05) is 0 Å². The summed E-state index contributed by atoms with van der Waals surface area (Å²) in [5.41, 5.74) is 0. The number of carbonyl (C=O) groups is 1. The third-order valence-electron chi connectivity index (χ3n) is 4.65. The average Bonchev–Trinajstić information content (AvgIpc) is 2.73. The van der Waals surface area contributed by atoms with Crippen LogP contribution in [0, 0.1) is 17.8 Å². The van der Waals surface area contributed by atoms with Gasteiger partial charge >= 0.3 is 0 Å². The van der Waals surface area contributed by atoms with E-state index in [9.17, 15) is 4.79 Å². The third kappa shape index (κ3) is 3.97. The second kappa shape index (κ2) is 7.44. The van der Waals surface area contributed by atoms with Crippen molar-refractivity contribution >= 4 is 5.91 Å². The van der Waals surface area contributed by atoms with Crippen LogP contribution in [0.5, 0.6) is 0 Å². The lowest BCUT2D eigenvalue weighted by molar-refractivity contribution is -0.133. The minimum absolute atomic E-state index is 0.00824. The van der Waals surface area contributed by atoms with Crippen LogP contribution in [0.3, 0.4) is 0 Å². The fourth-order valence-electron chi connectivity index (χ4n) is 3.00. The van der Waals surface area contributed by atoms with Gasteiger partial charge < -0.3 is 4.90 Å². The first-order chi connectivity index (χ1) is 9.29. The van der Waals surface area contributed by atoms with Crippen LogP contribution in [0.2, 0.25) is 0 Å². The van der Waals surface area contributed by atoms with Crippen molar-refractivity contribution in [1.29, 1.82) is 0 Å². The van der Waals surface area contributed by atoms with E-state index < -0.39 is 0 Å². The molecule has 0 radical (unpaired) electrons. The molecule has 1 aliphatic heterocycles. The molecule has 0 aromatic heterocycles. The summed E-state index contributed by atoms with van der Waals surface area (Å²) < 4.78 is 0. The summed E-state index contributed by atoms with van der Waals surface area (Å²) in [6.45, 7) is 15.4. The van der Waals surface area contributed by atoms with Crippen molar-refractivity contribution in [2.45, 2.75) is 86.0 Å². The van der Waals surface area contributed by atoms with Crippen molar-refractivity contribution in [1.82, 2.24) is 10.2 Å². The van der Waals surface area contributed by atoms with Crippen molar-refractivity contribution in [3.63, 3.8) is 0 Å². The third-order valence-corrected chi connectivity index (χ3v) is 4.65. The highest BCUT2D eigenvalue weighted by Gasteiger charge is 2.43. The Labute approximate surface area is 125 Å². The summed E-state index contributed by atoms with van der Waals surface area (Å²) in [4.78, 5) is 14.9. The van der Waals surface area contributed by atoms with Gasteiger partial charge in [0.25, 0.3) is 0 Å². The van der Waals surface area contributed by atoms with Gasteiger partial charge in [0.15, 0.2) is 0 Å². The molecule has 0 aromatic carbocycles. The molecule has 3 heteroatoms. The van der Waals surface area contributed by atoms with Crippen LogP contribution in [0.1, 0.15) is 67.7 Å². The van der Waals surface area contributed by atoms with Gasteiger partial charge in [-0.15, -0.1) is 0 Å². The van der Waals surface area contributed by atoms with Gasteiger partial charge in [0, 0.05) is 6.04 Å². The first kappa shape index (κ1) is 17.5. The zero-order valence-corrected chi connectivity index (χ0v) is 14.4. The van der Waals surface area contributed by atoms with Gasteiger partial charge in [0.05, 0.1) is 12.2 Å². The Morgan fingerprint density at radius 1 is 1.10 bits per heavy atom. The molecule has 0 aliphatic carbocycles. The quantitative estimate of drug-likeness (QED) is 0.773. The van der Waals surface area contributed by atoms with E-state index in [1.165, 1.54) is 6.42 Å². The molecule has 1 aliphatic rings. The number of amides is 1. The van der Waals surface area contributed by atoms with Gasteiger partial charge in [-0.05, 0) is 37.5 Å². The summed E-state index contributed by atoms with van der Waals surface area (Å²) in [5.74, 6) is 1.88. The maximum atomic E-state index is 12.8. The molecule has 3 nitrogen and oxygen atoms in total. The van der Waals surface area contributed by atoms with Crippen molar-refractivity contribution in [2.75, 3.05) is 0 Å². The lowest BCUT2D eigenvalue weighted by Gasteiger charge is -2.33. The van der Waals surface area contributed by atoms with Gasteiger partial charge in [-0.3, -0.25) is 10.1 Å². The Morgan fingerprint density at radius 3 is 2.15 bits per heavy atom. The molecule has 118 valence electrons. The van der Waals surface area contributed by atoms with Crippen LogP contribution in [-0.2, 0) is 4.79 Å². The highest BCUT2D eigenvalue weighted by atomic mass is 16.2. The molecule has 4 unspecified atom stereocenters. The number of hydrogen-bond acceptors (Lipinski definition) is 2. The van der Waals surface area contributed by atoms with Crippen LogP contribution in [0.4, 0.5) is 0 Å². The van der Waals surface area contributed by atoms with E-state index in [1.54, 1.807) is 0 Å². The topological polar surface area (TPSA) is 32.3 Å². The SMILES string of the molecule is CCC(C)C1NC(C(C)C)N(C(C)CCC(C)C)C1=O. The lowest BCUT2D eigenvalue weighted by Crippen LogP contribution is -2.46. The van der Waals surface area contributed by atoms with E-state index in [-0.39, 0.29) is 12.2 Å². The van der Waals surface area contributed by atoms with Crippen molar-refractivity contribution in [3.8, 4) is 0 Å². The molecule has 0 bridgehead atoms. The zero-order valence-electron chi connectivity index (χ0n) is 14.4. The Bertz CT molecular complexity index is 314. The Morgan fingerprint density at radius 2 is 1.70 bits per heavy atom. The predicted molar refractivity (Wildman–Crippen MR) is 85.4 cm³/mol. The van der Waals surface area contributed by atoms with E-state index in [2.05, 4.69) is 58.7 Å². The smallest absolute Gasteiger partial charge is 0.241 e. The first-order valence-corrected chi connectivity index (χ1v) is 8.37. The summed E-state index contributed by atoms with van der Waals surface area (Å²) in [6, 6.07) is 0.341. The van der Waals surface area contributed by atoms with E-state index in [0.717, 1.165) is 12.8 Å². The molecule has 1 fully saturated rings. The Hall–Kier alpha value is -0.570. The number of nitrogens with one attached hydrogen (secondary N) is 1. The maximum absolute atomic E-state index is 12.8. The standard InChI is InChI=1S/C17H34N2O/c1-8-13(6)15-17(20)19(16(18-15)12(4)5)14(7)10-9-11(2)3/h11-16,18H,8-10H2,1-7H3. The van der Waals surface area contributed by atoms with E-state index >= 15 is 0 Å². The molecule has 1 saturated heterocycles. The summed E-state index contributed by atoms with van der Waals surface area (Å²) in [6.07, 6.45) is 3.52. The van der Waals surface area contributed by atoms with Crippen molar-refractivity contribution in [3.05, 3.63) is 0 Å². The monoisotopic (exact) mass is 282 g/mol. The van der Waals surface area contributed by atoms with E-state index in [4.69, 9.17) is 0 Å². The highest BCUT2D eigenvalue weighted by molar-refractivity contribution is 5.85. The second-order valence-corrected chi connectivity index (χ2v) is 7.28. The van der Waals surface area contributed by atoms with Gasteiger partial charge in [-0.2, -0.15) is 0 Å². The Kier molecular flexibility index (Phi) is 6.50. The van der Waals surface area contributed by atoms with Gasteiger partial charge in [0.2, 0.25) is 5.91 Å². The fourth-order valence-corrected chi connectivity index (χ4v) is 3.00. The summed E-state index contributed by atoms with van der Waals surface area (Å²) in [5, 5.41) is 3.59. The zero-order chi connectivity index (χ0) is 15.4. The molecule has 20 heavy (non-hydrogen) atoms. The molecule has 1 amide bonds. The van der Waals surface area contributed by atoms with Crippen LogP contribution in [-0.4, -0.2) is 29.1 Å². The van der Waals surface area contributed by atoms with Gasteiger partial charge in [-0.1, -0.05) is 48.0 Å². The molecular formula is C17H34N2O. The summed E-state index contributed by atoms with van der Waals surface area (Å²) in [7, 11) is 0. The second-order valence-electron chi connectivity index (χ2n) is 7.28. The van der Waals surface area contributed by atoms with Crippen molar-refractivity contribution in [2.24, 2.45) is 17.8 Å². The molecule has 1 N–H and O–H groups in total. The molecule has 0 saturated carbocycles. The van der Waals surface area contributed by atoms with Crippen molar-refractivity contribution < 1.29 is 4.79 Å². The number of carbonyl (C=O) groups excluding carboxylic acids is 1. The van der Waals surface area contributed by atoms with Gasteiger partial charge in [0.1, 0.15) is 0 Å². The van der Waals surface area contributed by atoms with E-state index in [0.29, 0.717) is 29.7 Å². The van der Waals surface area contributed by atoms with Crippen LogP contribution in [0.15, 0.2) is 0 Å². The van der Waals surface area contributed by atoms with Crippen LogP contribution in [0.25, 0.3) is 0 Å². The van der Waals surface area contributed by atoms with Crippen LogP contribution < -0.4 is 5.32 Å². The Balaban J connectivity index is 2.81. The number of rotatable bonds is 7. The predicted octanol–water partition coefficient (Wildman–Crippen LogP) is 3.64. The molecule has 1 rings (SSSR count). The fraction of sp³-hybridized carbons (Fsp3) is 0.941. The first-order valence-electron chi connectivity index (χ1n) is 8.37. The maximum Gasteiger partial charge on any atom is 0.241 e. The number of hydrogen-bond donors (Lipinski definition) is 1. The van der Waals surface area contributed by atoms with Gasteiger partial charge in [-0.25, -0.2) is 0 Å². The molecule has 4 atom stereocenters.